The summed E-state index contributed by atoms with van der Waals surface area (Å²) in [5, 5.41) is 0. The molecular formula is C6H2F2. The van der Waals surface area contributed by atoms with Crippen molar-refractivity contribution in [3.05, 3.63) is 35.9 Å². The van der Waals surface area contributed by atoms with Crippen molar-refractivity contribution in [3.63, 3.8) is 0 Å². The van der Waals surface area contributed by atoms with Crippen LogP contribution in [0.15, 0.2) is 12.1 Å². The highest BCUT2D eigenvalue weighted by Gasteiger charge is 1.92. The van der Waals surface area contributed by atoms with Gasteiger partial charge >= 0.3 is 0 Å². The van der Waals surface area contributed by atoms with Crippen molar-refractivity contribution in [2.45, 2.75) is 0 Å². The van der Waals surface area contributed by atoms with E-state index in [0.717, 1.165) is 6.07 Å². The van der Waals surface area contributed by atoms with E-state index >= 15 is 0 Å². The van der Waals surface area contributed by atoms with Crippen LogP contribution < -0.4 is 0 Å². The Morgan fingerprint density at radius 1 is 1.38 bits per heavy atom. The number of halogens is 2. The molecular weight excluding hydrogens is 110 g/mol. The zero-order valence-corrected chi connectivity index (χ0v) is 3.91. The minimum Gasteiger partial charge on any atom is -0.203 e. The molecule has 0 nitrogen and oxygen atoms in total. The van der Waals surface area contributed by atoms with E-state index in [1.807, 2.05) is 6.07 Å². The van der Waals surface area contributed by atoms with Crippen LogP contribution in [0.3, 0.4) is 0 Å². The summed E-state index contributed by atoms with van der Waals surface area (Å²) in [5.74, 6) is -1.86. The van der Waals surface area contributed by atoms with Gasteiger partial charge < -0.3 is 0 Å². The van der Waals surface area contributed by atoms with E-state index in [1.165, 1.54) is 6.07 Å². The smallest absolute Gasteiger partial charge is 0.203 e. The summed E-state index contributed by atoms with van der Waals surface area (Å²) < 4.78 is 23.7. The molecule has 0 bridgehead atoms. The molecule has 0 heterocycles. The second-order valence-electron chi connectivity index (χ2n) is 1.26. The Bertz CT molecular complexity index is 163. The number of rotatable bonds is 0. The van der Waals surface area contributed by atoms with Crippen LogP contribution in [0.2, 0.25) is 0 Å². The van der Waals surface area contributed by atoms with Crippen LogP contribution in [-0.2, 0) is 0 Å². The van der Waals surface area contributed by atoms with Crippen LogP contribution >= 0.6 is 0 Å². The van der Waals surface area contributed by atoms with Gasteiger partial charge in [0.1, 0.15) is 0 Å². The standard InChI is InChI=1S/C6H2F2/c7-5-3-1-2-4-6(5)8/h1,3H. The third-order valence-electron chi connectivity index (χ3n) is 0.705. The van der Waals surface area contributed by atoms with Crippen LogP contribution in [0.4, 0.5) is 8.78 Å². The SMILES string of the molecule is Fc1c#cccc1F. The van der Waals surface area contributed by atoms with E-state index in [-0.39, 0.29) is 0 Å². The third-order valence-corrected chi connectivity index (χ3v) is 0.705. The maximum absolute atomic E-state index is 11.9. The maximum atomic E-state index is 11.9. The molecule has 0 aliphatic rings. The van der Waals surface area contributed by atoms with Crippen molar-refractivity contribution in [1.29, 1.82) is 0 Å². The first-order chi connectivity index (χ1) is 3.80. The van der Waals surface area contributed by atoms with Crippen molar-refractivity contribution in [2.75, 3.05) is 0 Å². The van der Waals surface area contributed by atoms with Gasteiger partial charge in [0, 0.05) is 0 Å². The fraction of sp³-hybridized carbons (Fsp3) is 0. The van der Waals surface area contributed by atoms with Crippen molar-refractivity contribution >= 4 is 0 Å². The largest absolute Gasteiger partial charge is 0.209 e. The molecule has 0 unspecified atom stereocenters. The van der Waals surface area contributed by atoms with Gasteiger partial charge in [-0.25, -0.2) is 4.39 Å². The Kier molecular flexibility index (Phi) is 1.13. The summed E-state index contributed by atoms with van der Waals surface area (Å²) in [6.45, 7) is 0. The monoisotopic (exact) mass is 112 g/mol. The second kappa shape index (κ2) is 1.79. The van der Waals surface area contributed by atoms with Gasteiger partial charge in [-0.05, 0) is 18.2 Å². The van der Waals surface area contributed by atoms with Crippen LogP contribution in [0.1, 0.15) is 0 Å². The van der Waals surface area contributed by atoms with Crippen molar-refractivity contribution in [1.82, 2.24) is 0 Å². The summed E-state index contributed by atoms with van der Waals surface area (Å²) in [6.07, 6.45) is 0. The van der Waals surface area contributed by atoms with E-state index in [2.05, 4.69) is 6.07 Å². The lowest BCUT2D eigenvalue weighted by atomic mass is 10.4. The van der Waals surface area contributed by atoms with Crippen molar-refractivity contribution < 1.29 is 8.78 Å². The molecule has 0 fully saturated rings. The highest BCUT2D eigenvalue weighted by molar-refractivity contribution is 4.97. The minimum absolute atomic E-state index is 0.885. The first-order valence-corrected chi connectivity index (χ1v) is 2.04. The van der Waals surface area contributed by atoms with E-state index < -0.39 is 11.6 Å². The Morgan fingerprint density at radius 3 is 2.50 bits per heavy atom. The molecule has 40 valence electrons. The predicted molar refractivity (Wildman–Crippen MR) is 24.0 cm³/mol. The van der Waals surface area contributed by atoms with E-state index in [4.69, 9.17) is 0 Å². The Balaban J connectivity index is 3.13. The molecule has 0 aliphatic carbocycles. The van der Waals surface area contributed by atoms with Crippen LogP contribution in [0.5, 0.6) is 0 Å². The van der Waals surface area contributed by atoms with Gasteiger partial charge in [0.15, 0.2) is 5.82 Å². The van der Waals surface area contributed by atoms with Gasteiger partial charge in [-0.2, -0.15) is 4.39 Å². The summed E-state index contributed by atoms with van der Waals surface area (Å²) in [6, 6.07) is 6.45. The van der Waals surface area contributed by atoms with Crippen molar-refractivity contribution in [2.24, 2.45) is 0 Å². The molecule has 1 rings (SSSR count). The second-order valence-corrected chi connectivity index (χ2v) is 1.26. The maximum Gasteiger partial charge on any atom is 0.209 e. The normalized spacial score (nSPS) is 8.25. The molecule has 0 atom stereocenters. The van der Waals surface area contributed by atoms with E-state index in [9.17, 15) is 8.78 Å². The molecule has 0 radical (unpaired) electrons. The summed E-state index contributed by atoms with van der Waals surface area (Å²) in [4.78, 5) is 0. The number of hydrogen-bond donors (Lipinski definition) is 0. The average Bonchev–Trinajstić information content (AvgIpc) is 1.77. The van der Waals surface area contributed by atoms with Crippen LogP contribution in [0, 0.1) is 23.8 Å². The molecule has 1 aromatic rings. The highest BCUT2D eigenvalue weighted by Crippen LogP contribution is 1.97. The first kappa shape index (κ1) is 5.04. The topological polar surface area (TPSA) is 0 Å². The van der Waals surface area contributed by atoms with Crippen LogP contribution in [-0.4, -0.2) is 0 Å². The van der Waals surface area contributed by atoms with Gasteiger partial charge in [-0.1, -0.05) is 6.07 Å². The first-order valence-electron chi connectivity index (χ1n) is 2.04. The Labute approximate surface area is 45.8 Å². The molecule has 0 aliphatic heterocycles. The zero-order valence-electron chi connectivity index (χ0n) is 3.91. The number of hydrogen-bond acceptors (Lipinski definition) is 0. The Hall–Kier alpha value is -1.10. The fourth-order valence-electron chi connectivity index (χ4n) is 0.353. The molecule has 0 saturated heterocycles. The van der Waals surface area contributed by atoms with Gasteiger partial charge in [0.05, 0.1) is 0 Å². The van der Waals surface area contributed by atoms with E-state index in [0.29, 0.717) is 0 Å². The quantitative estimate of drug-likeness (QED) is 0.477. The van der Waals surface area contributed by atoms with Crippen LogP contribution in [0.25, 0.3) is 0 Å². The lowest BCUT2D eigenvalue weighted by molar-refractivity contribution is 0.509. The molecule has 0 N–H and O–H groups in total. The van der Waals surface area contributed by atoms with Gasteiger partial charge in [0.25, 0.3) is 0 Å². The summed E-state index contributed by atoms with van der Waals surface area (Å²) in [7, 11) is 0. The lowest BCUT2D eigenvalue weighted by Gasteiger charge is -1.79. The highest BCUT2D eigenvalue weighted by atomic mass is 19.2. The lowest BCUT2D eigenvalue weighted by Crippen LogP contribution is -1.75. The van der Waals surface area contributed by atoms with Gasteiger partial charge in [-0.3, -0.25) is 0 Å². The summed E-state index contributed by atoms with van der Waals surface area (Å²) >= 11 is 0. The zero-order chi connectivity index (χ0) is 5.98. The fourth-order valence-corrected chi connectivity index (χ4v) is 0.353. The van der Waals surface area contributed by atoms with E-state index in [1.54, 1.807) is 0 Å². The van der Waals surface area contributed by atoms with Gasteiger partial charge in [0.2, 0.25) is 5.82 Å². The van der Waals surface area contributed by atoms with Gasteiger partial charge in [-0.15, -0.1) is 0 Å². The average molecular weight is 112 g/mol. The molecule has 0 aromatic heterocycles. The predicted octanol–water partition coefficient (Wildman–Crippen LogP) is 1.57. The van der Waals surface area contributed by atoms with Crippen molar-refractivity contribution in [3.8, 4) is 0 Å². The summed E-state index contributed by atoms with van der Waals surface area (Å²) in [5.41, 5.74) is 0. The molecule has 2 heteroatoms. The Morgan fingerprint density at radius 2 is 2.12 bits per heavy atom. The molecule has 0 saturated carbocycles. The third kappa shape index (κ3) is 0.760. The molecule has 1 aromatic carbocycles. The molecule has 0 amide bonds. The molecule has 0 spiro atoms. The minimum atomic E-state index is -0.979. The molecule has 8 heavy (non-hydrogen) atoms.